The molecule has 0 saturated heterocycles. The Balaban J connectivity index is 1.77. The predicted octanol–water partition coefficient (Wildman–Crippen LogP) is 5.38. The van der Waals surface area contributed by atoms with Crippen LogP contribution in [0.2, 0.25) is 0 Å². The first-order valence-corrected chi connectivity index (χ1v) is 10.5. The predicted molar refractivity (Wildman–Crippen MR) is 121 cm³/mol. The number of aromatic carboxylic acids is 1. The number of urea groups is 1. The average molecular weight is 441 g/mol. The number of nitrogens with one attached hydrogen (secondary N) is 1. The number of pyridine rings is 1. The molecule has 2 heterocycles. The fourth-order valence-electron chi connectivity index (χ4n) is 2.72. The lowest BCUT2D eigenvalue weighted by Gasteiger charge is -2.21. The zero-order valence-electron chi connectivity index (χ0n) is 17.7. The molecule has 2 amide bonds. The van der Waals surface area contributed by atoms with Gasteiger partial charge in [0, 0.05) is 30.0 Å². The van der Waals surface area contributed by atoms with Gasteiger partial charge >= 0.3 is 12.0 Å². The molecule has 162 valence electrons. The second-order valence-electron chi connectivity index (χ2n) is 7.71. The van der Waals surface area contributed by atoms with Gasteiger partial charge in [-0.15, -0.1) is 0 Å². The molecule has 2 aromatic heterocycles. The van der Waals surface area contributed by atoms with Crippen LogP contribution in [0.4, 0.5) is 15.5 Å². The minimum Gasteiger partial charge on any atom is -0.476 e. The third kappa shape index (κ3) is 5.37. The number of thiazole rings is 1. The lowest BCUT2D eigenvalue weighted by Crippen LogP contribution is -2.34. The second kappa shape index (κ2) is 9.13. The van der Waals surface area contributed by atoms with E-state index in [1.54, 1.807) is 48.8 Å². The Kier molecular flexibility index (Phi) is 6.55. The fourth-order valence-corrected chi connectivity index (χ4v) is 3.72. The third-order valence-corrected chi connectivity index (χ3v) is 5.68. The highest BCUT2D eigenvalue weighted by atomic mass is 32.1. The summed E-state index contributed by atoms with van der Waals surface area (Å²) in [6.07, 6.45) is 3.28. The number of nitrogens with zero attached hydrogens (tertiary/aromatic N) is 3. The SMILES string of the molecule is CCN(C(=O)Nc1sc(C(C)(C)C)nc1C(=O)O)c1ccc(Oc2ccncc2)cc1. The van der Waals surface area contributed by atoms with Gasteiger partial charge in [-0.2, -0.15) is 0 Å². The van der Waals surface area contributed by atoms with Gasteiger partial charge in [-0.05, 0) is 43.3 Å². The van der Waals surface area contributed by atoms with Gasteiger partial charge in [-0.25, -0.2) is 14.6 Å². The number of aromatic nitrogens is 2. The molecule has 2 N–H and O–H groups in total. The molecular formula is C22H24N4O4S. The van der Waals surface area contributed by atoms with Crippen molar-refractivity contribution in [2.24, 2.45) is 0 Å². The number of hydrogen-bond donors (Lipinski definition) is 2. The number of benzene rings is 1. The van der Waals surface area contributed by atoms with Crippen LogP contribution in [0, 0.1) is 0 Å². The maximum absolute atomic E-state index is 12.9. The monoisotopic (exact) mass is 440 g/mol. The van der Waals surface area contributed by atoms with Gasteiger partial charge in [0.2, 0.25) is 0 Å². The van der Waals surface area contributed by atoms with E-state index in [-0.39, 0.29) is 16.1 Å². The van der Waals surface area contributed by atoms with E-state index in [0.29, 0.717) is 28.7 Å². The summed E-state index contributed by atoms with van der Waals surface area (Å²) in [5, 5.41) is 13.1. The van der Waals surface area contributed by atoms with Gasteiger partial charge in [0.1, 0.15) is 21.5 Å². The molecule has 31 heavy (non-hydrogen) atoms. The van der Waals surface area contributed by atoms with Gasteiger partial charge < -0.3 is 9.84 Å². The molecule has 3 rings (SSSR count). The van der Waals surface area contributed by atoms with E-state index in [0.717, 1.165) is 0 Å². The number of carbonyl (C=O) groups is 2. The van der Waals surface area contributed by atoms with Crippen molar-refractivity contribution < 1.29 is 19.4 Å². The van der Waals surface area contributed by atoms with Crippen molar-refractivity contribution in [3.8, 4) is 11.5 Å². The minimum absolute atomic E-state index is 0.152. The quantitative estimate of drug-likeness (QED) is 0.533. The van der Waals surface area contributed by atoms with E-state index in [1.807, 2.05) is 27.7 Å². The van der Waals surface area contributed by atoms with E-state index < -0.39 is 12.0 Å². The molecule has 0 aliphatic rings. The molecule has 1 aromatic carbocycles. The molecule has 0 aliphatic heterocycles. The normalized spacial score (nSPS) is 11.1. The smallest absolute Gasteiger partial charge is 0.357 e. The van der Waals surface area contributed by atoms with Crippen molar-refractivity contribution in [3.63, 3.8) is 0 Å². The van der Waals surface area contributed by atoms with E-state index in [9.17, 15) is 14.7 Å². The van der Waals surface area contributed by atoms with Crippen molar-refractivity contribution in [2.45, 2.75) is 33.1 Å². The Morgan fingerprint density at radius 3 is 2.26 bits per heavy atom. The third-order valence-electron chi connectivity index (χ3n) is 4.29. The summed E-state index contributed by atoms with van der Waals surface area (Å²) in [6.45, 7) is 8.06. The number of hydrogen-bond acceptors (Lipinski definition) is 6. The van der Waals surface area contributed by atoms with Crippen molar-refractivity contribution in [3.05, 3.63) is 59.5 Å². The largest absolute Gasteiger partial charge is 0.476 e. The molecule has 8 nitrogen and oxygen atoms in total. The van der Waals surface area contributed by atoms with Crippen LogP contribution in [0.5, 0.6) is 11.5 Å². The van der Waals surface area contributed by atoms with Gasteiger partial charge in [0.15, 0.2) is 5.69 Å². The first kappa shape index (κ1) is 22.2. The summed E-state index contributed by atoms with van der Waals surface area (Å²) in [4.78, 5) is 34.2. The Morgan fingerprint density at radius 1 is 1.10 bits per heavy atom. The first-order valence-electron chi connectivity index (χ1n) is 9.70. The van der Waals surface area contributed by atoms with Crippen LogP contribution in [0.1, 0.15) is 43.2 Å². The van der Waals surface area contributed by atoms with Gasteiger partial charge in [0.05, 0.1) is 0 Å². The van der Waals surface area contributed by atoms with Crippen molar-refractivity contribution >= 4 is 34.0 Å². The lowest BCUT2D eigenvalue weighted by atomic mass is 9.98. The van der Waals surface area contributed by atoms with Crippen LogP contribution in [0.25, 0.3) is 0 Å². The van der Waals surface area contributed by atoms with Crippen molar-refractivity contribution in [1.29, 1.82) is 0 Å². The number of ether oxygens (including phenoxy) is 1. The maximum Gasteiger partial charge on any atom is 0.357 e. The fraction of sp³-hybridized carbons (Fsp3) is 0.273. The molecule has 3 aromatic rings. The number of carboxylic acid groups (broad SMARTS) is 1. The zero-order valence-corrected chi connectivity index (χ0v) is 18.6. The highest BCUT2D eigenvalue weighted by Gasteiger charge is 2.26. The van der Waals surface area contributed by atoms with E-state index >= 15 is 0 Å². The Morgan fingerprint density at radius 2 is 1.71 bits per heavy atom. The van der Waals surface area contributed by atoms with Crippen LogP contribution in [-0.2, 0) is 5.41 Å². The van der Waals surface area contributed by atoms with Crippen LogP contribution in [0.3, 0.4) is 0 Å². The van der Waals surface area contributed by atoms with E-state index in [2.05, 4.69) is 15.3 Å². The molecule has 0 spiro atoms. The highest BCUT2D eigenvalue weighted by molar-refractivity contribution is 7.16. The summed E-state index contributed by atoms with van der Waals surface area (Å²) in [5.74, 6) is 0.105. The molecule has 0 bridgehead atoms. The Bertz CT molecular complexity index is 1060. The van der Waals surface area contributed by atoms with Crippen molar-refractivity contribution in [1.82, 2.24) is 9.97 Å². The molecule has 0 aliphatic carbocycles. The lowest BCUT2D eigenvalue weighted by molar-refractivity contribution is 0.0692. The topological polar surface area (TPSA) is 105 Å². The summed E-state index contributed by atoms with van der Waals surface area (Å²) < 4.78 is 5.75. The average Bonchev–Trinajstić information content (AvgIpc) is 3.15. The standard InChI is InChI=1S/C22H24N4O4S/c1-5-26(14-6-8-15(9-7-14)30-16-10-12-23-13-11-16)21(29)25-18-17(19(27)28)24-20(31-18)22(2,3)4/h6-13H,5H2,1-4H3,(H,25,29)(H,27,28). The van der Waals surface area contributed by atoms with Crippen LogP contribution < -0.4 is 15.0 Å². The summed E-state index contributed by atoms with van der Waals surface area (Å²) in [5.41, 5.74) is 0.173. The molecule has 0 fully saturated rings. The van der Waals surface area contributed by atoms with E-state index in [4.69, 9.17) is 4.74 Å². The summed E-state index contributed by atoms with van der Waals surface area (Å²) in [6, 6.07) is 10.1. The minimum atomic E-state index is -1.18. The molecule has 9 heteroatoms. The molecule has 0 radical (unpaired) electrons. The summed E-state index contributed by atoms with van der Waals surface area (Å²) in [7, 11) is 0. The number of carboxylic acids is 1. The number of rotatable bonds is 6. The Hall–Kier alpha value is -3.46. The maximum atomic E-state index is 12.9. The Labute approximate surface area is 184 Å². The highest BCUT2D eigenvalue weighted by Crippen LogP contribution is 2.33. The molecule has 0 atom stereocenters. The van der Waals surface area contributed by atoms with Gasteiger partial charge in [-0.1, -0.05) is 32.1 Å². The zero-order chi connectivity index (χ0) is 22.6. The van der Waals surface area contributed by atoms with Crippen LogP contribution in [-0.4, -0.2) is 33.6 Å². The van der Waals surface area contributed by atoms with Crippen LogP contribution in [0.15, 0.2) is 48.8 Å². The van der Waals surface area contributed by atoms with Gasteiger partial charge in [0.25, 0.3) is 0 Å². The molecule has 0 saturated carbocycles. The van der Waals surface area contributed by atoms with Crippen molar-refractivity contribution in [2.75, 3.05) is 16.8 Å². The summed E-state index contributed by atoms with van der Waals surface area (Å²) >= 11 is 1.17. The number of amides is 2. The molecule has 0 unspecified atom stereocenters. The van der Waals surface area contributed by atoms with Crippen LogP contribution >= 0.6 is 11.3 Å². The molecular weight excluding hydrogens is 416 g/mol. The number of carbonyl (C=O) groups excluding carboxylic acids is 1. The number of anilines is 2. The first-order chi connectivity index (χ1) is 14.7. The van der Waals surface area contributed by atoms with E-state index in [1.165, 1.54) is 16.2 Å². The van der Waals surface area contributed by atoms with Gasteiger partial charge in [-0.3, -0.25) is 15.2 Å². The second-order valence-corrected chi connectivity index (χ2v) is 8.70.